The van der Waals surface area contributed by atoms with Crippen molar-refractivity contribution in [3.05, 3.63) is 331 Å². The van der Waals surface area contributed by atoms with Crippen molar-refractivity contribution in [2.24, 2.45) is 28.2 Å². The van der Waals surface area contributed by atoms with Gasteiger partial charge in [0.15, 0.2) is 24.8 Å². The summed E-state index contributed by atoms with van der Waals surface area (Å²) in [6, 6.07) is 91.9. The average molecular weight is 1490 g/mol. The molecule has 0 aliphatic carbocycles. The van der Waals surface area contributed by atoms with Gasteiger partial charge in [-0.1, -0.05) is 205 Å². The number of aromatic nitrogens is 5. The Balaban J connectivity index is 0.000000108. The molecule has 0 radical (unpaired) electrons. The van der Waals surface area contributed by atoms with Crippen LogP contribution in [-0.4, -0.2) is 4.98 Å². The molecule has 0 amide bonds. The van der Waals surface area contributed by atoms with E-state index in [4.69, 9.17) is 8.22 Å². The maximum atomic E-state index is 8.27. The fourth-order valence-electron chi connectivity index (χ4n) is 16.1. The summed E-state index contributed by atoms with van der Waals surface area (Å²) in [7, 11) is 8.29. The molecule has 0 atom stereocenters. The number of pyridine rings is 5. The van der Waals surface area contributed by atoms with Crippen LogP contribution in [0, 0.1) is 48.3 Å². The van der Waals surface area contributed by atoms with Gasteiger partial charge < -0.3 is 0 Å². The van der Waals surface area contributed by atoms with E-state index in [9.17, 15) is 0 Å². The van der Waals surface area contributed by atoms with E-state index in [0.29, 0.717) is 5.56 Å². The van der Waals surface area contributed by atoms with Crippen LogP contribution in [0.4, 0.5) is 0 Å². The molecule has 21 aromatic rings. The van der Waals surface area contributed by atoms with Crippen molar-refractivity contribution in [1.29, 1.82) is 0 Å². The fraction of sp³-hybridized carbons (Fsp3) is 0.110. The maximum Gasteiger partial charge on any atom is 0.221 e. The van der Waals surface area contributed by atoms with E-state index in [1.54, 1.807) is 18.3 Å². The molecule has 0 N–H and O–H groups in total. The average Bonchev–Trinajstić information content (AvgIpc) is 1.59. The van der Waals surface area contributed by atoms with E-state index in [-0.39, 0.29) is 5.56 Å². The van der Waals surface area contributed by atoms with E-state index < -0.39 is 13.7 Å². The van der Waals surface area contributed by atoms with Gasteiger partial charge in [0.2, 0.25) is 22.8 Å². The van der Waals surface area contributed by atoms with Crippen LogP contribution < -0.4 is 18.3 Å². The highest BCUT2D eigenvalue weighted by Gasteiger charge is 2.26. The molecule has 5 nitrogen and oxygen atoms in total. The third kappa shape index (κ3) is 12.5. The Morgan fingerprint density at radius 3 is 1.34 bits per heavy atom. The molecule has 12 aromatic carbocycles. The Hall–Kier alpha value is -11.7. The predicted octanol–water partition coefficient (Wildman–Crippen LogP) is 26.0. The second-order valence-electron chi connectivity index (χ2n) is 28.9. The monoisotopic (exact) mass is 1490 g/mol. The Kier molecular flexibility index (Phi) is 16.1. The summed E-state index contributed by atoms with van der Waals surface area (Å²) in [5.41, 5.74) is 19.4. The van der Waals surface area contributed by atoms with Crippen LogP contribution in [0.15, 0.2) is 292 Å². The zero-order valence-electron chi connectivity index (χ0n) is 68.1. The van der Waals surface area contributed by atoms with Crippen molar-refractivity contribution >= 4 is 169 Å². The lowest BCUT2D eigenvalue weighted by molar-refractivity contribution is -0.659. The zero-order valence-corrected chi connectivity index (χ0v) is 65.3. The van der Waals surface area contributed by atoms with Gasteiger partial charge in [-0.3, -0.25) is 4.98 Å². The van der Waals surface area contributed by atoms with Crippen LogP contribution >= 0.6 is 45.3 Å². The largest absolute Gasteiger partial charge is 0.255 e. The first-order chi connectivity index (χ1) is 55.5. The summed E-state index contributed by atoms with van der Waals surface area (Å²) >= 11 is 7.14. The number of hydrogen-bond acceptors (Lipinski definition) is 5. The molecule has 526 valence electrons. The minimum atomic E-state index is -2.28. The highest BCUT2D eigenvalue weighted by molar-refractivity contribution is 7.28. The van der Waals surface area contributed by atoms with Gasteiger partial charge in [0, 0.05) is 116 Å². The van der Waals surface area contributed by atoms with Gasteiger partial charge in [0.25, 0.3) is 0 Å². The first-order valence-electron chi connectivity index (χ1n) is 39.7. The Morgan fingerprint density at radius 2 is 0.761 bits per heavy atom. The van der Waals surface area contributed by atoms with E-state index in [2.05, 4.69) is 305 Å². The van der Waals surface area contributed by atoms with Crippen molar-refractivity contribution in [2.75, 3.05) is 0 Å². The van der Waals surface area contributed by atoms with Crippen molar-refractivity contribution in [3.63, 3.8) is 0 Å². The molecule has 21 rings (SSSR count). The highest BCUT2D eigenvalue weighted by Crippen LogP contribution is 2.46. The number of nitrogens with zero attached hydrogens (tertiary/aromatic N) is 5. The van der Waals surface area contributed by atoms with Crippen LogP contribution in [0.2, 0.25) is 0 Å². The molecule has 0 fully saturated rings. The normalized spacial score (nSPS) is 12.7. The van der Waals surface area contributed by atoms with Gasteiger partial charge in [-0.05, 0) is 163 Å². The predicted molar refractivity (Wildman–Crippen MR) is 470 cm³/mol. The fourth-order valence-corrected chi connectivity index (χ4v) is 21.0. The maximum absolute atomic E-state index is 8.27. The van der Waals surface area contributed by atoms with E-state index in [0.717, 1.165) is 64.4 Å². The second-order valence-corrected chi connectivity index (χ2v) is 33.1. The Labute approximate surface area is 659 Å². The molecule has 0 aliphatic heterocycles. The van der Waals surface area contributed by atoms with Gasteiger partial charge in [0.05, 0.1) is 36.5 Å². The third-order valence-electron chi connectivity index (χ3n) is 21.6. The van der Waals surface area contributed by atoms with Crippen LogP contribution in [0.1, 0.15) is 47.2 Å². The number of aryl methyl sites for hydroxylation is 11. The molecule has 0 saturated heterocycles. The minimum Gasteiger partial charge on any atom is -0.255 e. The highest BCUT2D eigenvalue weighted by atomic mass is 32.1. The lowest BCUT2D eigenvalue weighted by atomic mass is 9.96. The Morgan fingerprint density at radius 1 is 0.284 bits per heavy atom. The molecule has 0 bridgehead atoms. The number of hydrogen-bond donors (Lipinski definition) is 0. The summed E-state index contributed by atoms with van der Waals surface area (Å²) in [4.78, 5) is 4.63. The van der Waals surface area contributed by atoms with Crippen molar-refractivity contribution in [3.8, 4) is 56.2 Å². The van der Waals surface area contributed by atoms with Gasteiger partial charge in [-0.15, -0.1) is 45.3 Å². The molecule has 0 spiro atoms. The number of fused-ring (bicyclic) bond motifs is 19. The molecule has 9 heterocycles. The van der Waals surface area contributed by atoms with Gasteiger partial charge in [-0.2, -0.15) is 0 Å². The minimum absolute atomic E-state index is 0.288. The first-order valence-corrected chi connectivity index (χ1v) is 40.0. The summed E-state index contributed by atoms with van der Waals surface area (Å²) in [5.74, 6) is 0. The van der Waals surface area contributed by atoms with Gasteiger partial charge in [-0.25, -0.2) is 18.3 Å². The van der Waals surface area contributed by atoms with Gasteiger partial charge in [0.1, 0.15) is 28.2 Å². The molecule has 9 aromatic heterocycles. The summed E-state index contributed by atoms with van der Waals surface area (Å²) in [5, 5.41) is 18.5. The SMILES string of the molecule is Cc1ccc(-c2cc3sc4c5ccccc5ccc4c3c[n+]2C)c(C)c1.Cc1ccccc1-c1cc2sc3c(ccc4cccnc43)c2c[n+]1C.Cc1ccccc1-c1cc2sc3c4ccccc4ccc3c2c[n+]1C.[2H]C([2H])([2H])c1ccc(-c2c3c(sc4cc5ccc(-c6ccccc6)cc5cc43)c(C([2H])([2H])[2H])c[n+]2C)c(C)c1. The Bertz CT molecular complexity index is 7320. The zero-order chi connectivity index (χ0) is 79.5. The number of rotatable bonds is 5. The molecular formula is C100H81N5S4+4. The first kappa shape index (κ1) is 62.4. The second kappa shape index (κ2) is 28.1. The number of thiophene rings is 4. The van der Waals surface area contributed by atoms with E-state index in [1.807, 2.05) is 89.1 Å². The number of benzene rings is 12. The topological polar surface area (TPSA) is 28.4 Å². The van der Waals surface area contributed by atoms with Crippen molar-refractivity contribution < 1.29 is 26.5 Å². The summed E-state index contributed by atoms with van der Waals surface area (Å²) < 4.78 is 66.7. The van der Waals surface area contributed by atoms with Crippen molar-refractivity contribution in [2.45, 2.75) is 48.3 Å². The van der Waals surface area contributed by atoms with E-state index in [1.165, 1.54) is 155 Å². The molecule has 9 heteroatoms. The van der Waals surface area contributed by atoms with Crippen LogP contribution in [0.5, 0.6) is 0 Å². The standard InChI is InChI=1S/C31H26NS.C24H20NS.C23H18NS.C22H17N2S/c1-19-10-13-26(20(2)14-19)30-29-27-16-25-15-23(22-8-6-5-7-9-22)11-12-24(25)17-28(27)33-31(29)21(3)18-32(30)4;1-15-8-10-18(16(2)12-15)22-13-23-21(14-25(22)3)20-11-9-17-6-4-5-7-19(17)24(20)26-23;1-15-7-3-5-9-17(15)21-13-22-20(14-24(21)2)19-12-11-16-8-4-6-10-18(16)23(19)25-22;1-14-6-3-4-8-16(14)19-12-20-18(13-24(19)2)17-10-9-15-7-5-11-23-21(15)22(17)25-20/h5-18H,1-4H3;4-14H,1-3H3;3-14H,1-2H3;3-13H,1-2H3/q4*+1/i1D3,3D3;;;. The molecule has 0 aliphatic rings. The van der Waals surface area contributed by atoms with Crippen LogP contribution in [0.3, 0.4) is 0 Å². The van der Waals surface area contributed by atoms with Crippen LogP contribution in [-0.2, 0) is 28.2 Å². The van der Waals surface area contributed by atoms with Gasteiger partial charge >= 0.3 is 0 Å². The smallest absolute Gasteiger partial charge is 0.221 e. The summed E-state index contributed by atoms with van der Waals surface area (Å²) in [6.45, 7) is 6.12. The molecule has 0 saturated carbocycles. The molecule has 0 unspecified atom stereocenters. The van der Waals surface area contributed by atoms with Crippen LogP contribution in [0.25, 0.3) is 180 Å². The third-order valence-corrected chi connectivity index (χ3v) is 26.4. The lowest BCUT2D eigenvalue weighted by Gasteiger charge is -2.09. The summed E-state index contributed by atoms with van der Waals surface area (Å²) in [6.07, 6.45) is 10.4. The van der Waals surface area contributed by atoms with E-state index >= 15 is 0 Å². The quantitative estimate of drug-likeness (QED) is 0.158. The molecular weight excluding hydrogens is 1400 g/mol. The lowest BCUT2D eigenvalue weighted by Crippen LogP contribution is -2.31. The van der Waals surface area contributed by atoms with Crippen molar-refractivity contribution in [1.82, 2.24) is 4.98 Å². The molecule has 109 heavy (non-hydrogen) atoms.